The van der Waals surface area contributed by atoms with Gasteiger partial charge in [-0.3, -0.25) is 0 Å². The number of anilines is 1. The number of methoxy groups -OCH3 is 1. The van der Waals surface area contributed by atoms with Gasteiger partial charge in [0.05, 0.1) is 18.8 Å². The van der Waals surface area contributed by atoms with E-state index in [1.807, 2.05) is 31.2 Å². The standard InChI is InChI=1S/C14H22N2O2/c1-3-18-13-8-14(9-13,10-15)16-11-5-4-6-12(7-11)17-2/h4-7,13,16H,3,8-10,15H2,1-2H3. The number of hydrogen-bond acceptors (Lipinski definition) is 4. The maximum absolute atomic E-state index is 5.90. The van der Waals surface area contributed by atoms with Crippen LogP contribution in [0.5, 0.6) is 5.75 Å². The van der Waals surface area contributed by atoms with Crippen LogP contribution in [-0.2, 0) is 4.74 Å². The molecule has 0 atom stereocenters. The van der Waals surface area contributed by atoms with Gasteiger partial charge in [0, 0.05) is 24.9 Å². The maximum atomic E-state index is 5.90. The van der Waals surface area contributed by atoms with E-state index in [-0.39, 0.29) is 5.54 Å². The number of rotatable bonds is 6. The Morgan fingerprint density at radius 1 is 1.44 bits per heavy atom. The minimum absolute atomic E-state index is 0.0216. The highest BCUT2D eigenvalue weighted by Gasteiger charge is 2.43. The summed E-state index contributed by atoms with van der Waals surface area (Å²) >= 11 is 0. The average molecular weight is 250 g/mol. The zero-order valence-electron chi connectivity index (χ0n) is 11.1. The number of hydrogen-bond donors (Lipinski definition) is 2. The molecule has 1 aromatic rings. The van der Waals surface area contributed by atoms with Crippen LogP contribution in [0, 0.1) is 0 Å². The second kappa shape index (κ2) is 5.59. The van der Waals surface area contributed by atoms with E-state index in [1.165, 1.54) is 0 Å². The number of nitrogens with one attached hydrogen (secondary N) is 1. The van der Waals surface area contributed by atoms with Crippen LogP contribution >= 0.6 is 0 Å². The van der Waals surface area contributed by atoms with Crippen LogP contribution in [-0.4, -0.2) is 31.9 Å². The molecule has 0 aromatic heterocycles. The van der Waals surface area contributed by atoms with Gasteiger partial charge in [0.25, 0.3) is 0 Å². The van der Waals surface area contributed by atoms with Crippen molar-refractivity contribution in [2.75, 3.05) is 25.6 Å². The van der Waals surface area contributed by atoms with Gasteiger partial charge < -0.3 is 20.5 Å². The molecule has 0 unspecified atom stereocenters. The summed E-state index contributed by atoms with van der Waals surface area (Å²) in [5.41, 5.74) is 6.93. The Balaban J connectivity index is 1.98. The largest absolute Gasteiger partial charge is 0.497 e. The first-order valence-corrected chi connectivity index (χ1v) is 6.45. The normalized spacial score (nSPS) is 26.5. The smallest absolute Gasteiger partial charge is 0.120 e. The van der Waals surface area contributed by atoms with Crippen molar-refractivity contribution >= 4 is 5.69 Å². The van der Waals surface area contributed by atoms with Crippen LogP contribution in [0.15, 0.2) is 24.3 Å². The molecule has 1 saturated carbocycles. The van der Waals surface area contributed by atoms with Crippen LogP contribution in [0.4, 0.5) is 5.69 Å². The highest BCUT2D eigenvalue weighted by molar-refractivity contribution is 5.51. The summed E-state index contributed by atoms with van der Waals surface area (Å²) in [6.07, 6.45) is 2.28. The molecule has 0 bridgehead atoms. The van der Waals surface area contributed by atoms with Crippen LogP contribution in [0.3, 0.4) is 0 Å². The summed E-state index contributed by atoms with van der Waals surface area (Å²) < 4.78 is 10.8. The molecule has 0 spiro atoms. The lowest BCUT2D eigenvalue weighted by atomic mass is 9.74. The van der Waals surface area contributed by atoms with Crippen LogP contribution < -0.4 is 15.8 Å². The van der Waals surface area contributed by atoms with Crippen molar-refractivity contribution in [1.29, 1.82) is 0 Å². The van der Waals surface area contributed by atoms with E-state index < -0.39 is 0 Å². The Hall–Kier alpha value is -1.26. The first-order valence-electron chi connectivity index (χ1n) is 6.45. The molecule has 0 saturated heterocycles. The Morgan fingerprint density at radius 3 is 2.83 bits per heavy atom. The molecule has 0 radical (unpaired) electrons. The molecule has 0 heterocycles. The molecule has 2 rings (SSSR count). The van der Waals surface area contributed by atoms with Crippen molar-refractivity contribution < 1.29 is 9.47 Å². The van der Waals surface area contributed by atoms with E-state index in [4.69, 9.17) is 15.2 Å². The molecule has 0 amide bonds. The van der Waals surface area contributed by atoms with Gasteiger partial charge in [-0.15, -0.1) is 0 Å². The molecular formula is C14H22N2O2. The third-order valence-corrected chi connectivity index (χ3v) is 3.51. The van der Waals surface area contributed by atoms with Crippen LogP contribution in [0.1, 0.15) is 19.8 Å². The lowest BCUT2D eigenvalue weighted by Gasteiger charge is -2.47. The van der Waals surface area contributed by atoms with Gasteiger partial charge in [0.15, 0.2) is 0 Å². The summed E-state index contributed by atoms with van der Waals surface area (Å²) in [6, 6.07) is 7.94. The summed E-state index contributed by atoms with van der Waals surface area (Å²) in [5, 5.41) is 3.52. The van der Waals surface area contributed by atoms with Crippen LogP contribution in [0.25, 0.3) is 0 Å². The van der Waals surface area contributed by atoms with E-state index in [0.717, 1.165) is 30.9 Å². The first kappa shape index (κ1) is 13.2. The van der Waals surface area contributed by atoms with Gasteiger partial charge in [-0.05, 0) is 31.9 Å². The van der Waals surface area contributed by atoms with Gasteiger partial charge in [-0.1, -0.05) is 6.07 Å². The minimum atomic E-state index is -0.0216. The van der Waals surface area contributed by atoms with E-state index in [1.54, 1.807) is 7.11 Å². The molecular weight excluding hydrogens is 228 g/mol. The predicted molar refractivity (Wildman–Crippen MR) is 73.1 cm³/mol. The van der Waals surface area contributed by atoms with Crippen molar-refractivity contribution in [1.82, 2.24) is 0 Å². The second-order valence-electron chi connectivity index (χ2n) is 4.83. The summed E-state index contributed by atoms with van der Waals surface area (Å²) in [5.74, 6) is 0.854. The number of benzene rings is 1. The fourth-order valence-corrected chi connectivity index (χ4v) is 2.49. The fraction of sp³-hybridized carbons (Fsp3) is 0.571. The summed E-state index contributed by atoms with van der Waals surface area (Å²) in [6.45, 7) is 3.41. The van der Waals surface area contributed by atoms with Crippen molar-refractivity contribution in [3.05, 3.63) is 24.3 Å². The van der Waals surface area contributed by atoms with Gasteiger partial charge >= 0.3 is 0 Å². The lowest BCUT2D eigenvalue weighted by Crippen LogP contribution is -2.58. The number of nitrogens with two attached hydrogens (primary N) is 1. The monoisotopic (exact) mass is 250 g/mol. The topological polar surface area (TPSA) is 56.5 Å². The summed E-state index contributed by atoms with van der Waals surface area (Å²) in [7, 11) is 1.67. The van der Waals surface area contributed by atoms with E-state index in [0.29, 0.717) is 12.6 Å². The molecule has 100 valence electrons. The molecule has 1 aliphatic rings. The highest BCUT2D eigenvalue weighted by atomic mass is 16.5. The first-order chi connectivity index (χ1) is 8.71. The highest BCUT2D eigenvalue weighted by Crippen LogP contribution is 2.37. The quantitative estimate of drug-likeness (QED) is 0.811. The minimum Gasteiger partial charge on any atom is -0.497 e. The number of ether oxygens (including phenoxy) is 2. The van der Waals surface area contributed by atoms with Crippen molar-refractivity contribution in [3.63, 3.8) is 0 Å². The molecule has 0 aliphatic heterocycles. The third-order valence-electron chi connectivity index (χ3n) is 3.51. The summed E-state index contributed by atoms with van der Waals surface area (Å²) in [4.78, 5) is 0. The van der Waals surface area contributed by atoms with E-state index in [9.17, 15) is 0 Å². The molecule has 1 aliphatic carbocycles. The van der Waals surface area contributed by atoms with E-state index in [2.05, 4.69) is 5.32 Å². The van der Waals surface area contributed by atoms with Crippen molar-refractivity contribution in [2.45, 2.75) is 31.4 Å². The zero-order chi connectivity index (χ0) is 13.0. The van der Waals surface area contributed by atoms with Gasteiger partial charge in [0.2, 0.25) is 0 Å². The molecule has 1 fully saturated rings. The molecule has 18 heavy (non-hydrogen) atoms. The molecule has 4 nitrogen and oxygen atoms in total. The Morgan fingerprint density at radius 2 is 2.22 bits per heavy atom. The Labute approximate surface area is 108 Å². The SMILES string of the molecule is CCOC1CC(CN)(Nc2cccc(OC)c2)C1. The molecule has 3 N–H and O–H groups in total. The average Bonchev–Trinajstić information content (AvgIpc) is 2.36. The predicted octanol–water partition coefficient (Wildman–Crippen LogP) is 2.00. The lowest BCUT2D eigenvalue weighted by molar-refractivity contribution is -0.0271. The fourth-order valence-electron chi connectivity index (χ4n) is 2.49. The Bertz CT molecular complexity index is 389. The van der Waals surface area contributed by atoms with Gasteiger partial charge in [0.1, 0.15) is 5.75 Å². The second-order valence-corrected chi connectivity index (χ2v) is 4.83. The van der Waals surface area contributed by atoms with Crippen molar-refractivity contribution in [3.8, 4) is 5.75 Å². The van der Waals surface area contributed by atoms with Gasteiger partial charge in [-0.25, -0.2) is 0 Å². The van der Waals surface area contributed by atoms with E-state index >= 15 is 0 Å². The van der Waals surface area contributed by atoms with Crippen molar-refractivity contribution in [2.24, 2.45) is 5.73 Å². The maximum Gasteiger partial charge on any atom is 0.120 e. The van der Waals surface area contributed by atoms with Crippen LogP contribution in [0.2, 0.25) is 0 Å². The molecule has 4 heteroatoms. The zero-order valence-corrected chi connectivity index (χ0v) is 11.1. The Kier molecular flexibility index (Phi) is 4.09. The third kappa shape index (κ3) is 2.76. The van der Waals surface area contributed by atoms with Gasteiger partial charge in [-0.2, -0.15) is 0 Å². The molecule has 1 aromatic carbocycles.